The Morgan fingerprint density at radius 2 is 1.79 bits per heavy atom. The van der Waals surface area contributed by atoms with Gasteiger partial charge in [0.15, 0.2) is 6.35 Å². The Labute approximate surface area is 195 Å². The summed E-state index contributed by atoms with van der Waals surface area (Å²) < 4.78 is 76.7. The minimum Gasteiger partial charge on any atom is -0.413 e. The number of nitrogens with zero attached hydrogens (tertiary/aromatic N) is 4. The van der Waals surface area contributed by atoms with Crippen LogP contribution in [0, 0.1) is 11.6 Å². The molecular weight excluding hydrogens is 487 g/mol. The Morgan fingerprint density at radius 1 is 1.06 bits per heavy atom. The van der Waals surface area contributed by atoms with Gasteiger partial charge in [-0.05, 0) is 30.3 Å². The van der Waals surface area contributed by atoms with Crippen molar-refractivity contribution in [3.05, 3.63) is 64.5 Å². The van der Waals surface area contributed by atoms with Crippen molar-refractivity contribution in [2.24, 2.45) is 0 Å². The molecule has 2 aromatic carbocycles. The number of aliphatic hydroxyl groups excluding tert-OH is 1. The molecule has 1 saturated heterocycles. The topological polar surface area (TPSA) is 74.9 Å². The molecular formula is C21H18ClF5N4O3. The fourth-order valence-electron chi connectivity index (χ4n) is 3.42. The lowest BCUT2D eigenvalue weighted by Gasteiger charge is -2.39. The third kappa shape index (κ3) is 5.30. The average Bonchev–Trinajstić information content (AvgIpc) is 3.31. The third-order valence-electron chi connectivity index (χ3n) is 5.19. The Balaban J connectivity index is 1.62. The van der Waals surface area contributed by atoms with Gasteiger partial charge in [-0.1, -0.05) is 17.7 Å². The average molecular weight is 505 g/mol. The first-order valence-electron chi connectivity index (χ1n) is 10.0. The van der Waals surface area contributed by atoms with E-state index in [9.17, 15) is 27.1 Å². The molecule has 1 aliphatic rings. The van der Waals surface area contributed by atoms with E-state index in [4.69, 9.17) is 16.3 Å². The second-order valence-corrected chi connectivity index (χ2v) is 7.84. The van der Waals surface area contributed by atoms with Gasteiger partial charge < -0.3 is 19.2 Å². The van der Waals surface area contributed by atoms with E-state index in [2.05, 4.69) is 14.6 Å². The van der Waals surface area contributed by atoms with E-state index in [1.165, 1.54) is 29.2 Å². The second-order valence-electron chi connectivity index (χ2n) is 7.44. The van der Waals surface area contributed by atoms with Crippen LogP contribution >= 0.6 is 11.6 Å². The third-order valence-corrected chi connectivity index (χ3v) is 5.48. The van der Waals surface area contributed by atoms with Crippen LogP contribution < -0.4 is 4.90 Å². The predicted molar refractivity (Wildman–Crippen MR) is 111 cm³/mol. The summed E-state index contributed by atoms with van der Waals surface area (Å²) in [5.74, 6) is -3.47. The van der Waals surface area contributed by atoms with E-state index in [1.807, 2.05) is 0 Å². The van der Waals surface area contributed by atoms with Crippen LogP contribution in [0.5, 0.6) is 0 Å². The van der Waals surface area contributed by atoms with Gasteiger partial charge in [-0.2, -0.15) is 13.2 Å². The van der Waals surface area contributed by atoms with E-state index in [-0.39, 0.29) is 22.7 Å². The van der Waals surface area contributed by atoms with Gasteiger partial charge in [0.1, 0.15) is 11.6 Å². The molecule has 0 saturated carbocycles. The van der Waals surface area contributed by atoms with Crippen LogP contribution in [0.25, 0.3) is 11.5 Å². The summed E-state index contributed by atoms with van der Waals surface area (Å²) in [4.78, 5) is 3.12. The molecule has 7 nitrogen and oxygen atoms in total. The molecule has 1 N–H and O–H groups in total. The van der Waals surface area contributed by atoms with Gasteiger partial charge in [0.05, 0.1) is 18.2 Å². The molecule has 4 rings (SSSR count). The van der Waals surface area contributed by atoms with Crippen LogP contribution in [-0.4, -0.2) is 52.9 Å². The molecule has 0 aliphatic carbocycles. The molecule has 1 aliphatic heterocycles. The first kappa shape index (κ1) is 24.3. The highest BCUT2D eigenvalue weighted by atomic mass is 35.5. The molecule has 182 valence electrons. The number of morpholine rings is 1. The number of aromatic nitrogens is 2. The standard InChI is InChI=1S/C21H18ClF5N4O3/c22-15-10-14(3-4-16(15)23)31(20(32)30-5-7-33-8-6-30)11-13-2-1-12(9-17(13)24)18-28-29-19(34-18)21(25,26)27/h1-4,9-10,20,32H,5-8,11H2. The zero-order valence-corrected chi connectivity index (χ0v) is 18.2. The molecule has 13 heteroatoms. The van der Waals surface area contributed by atoms with Crippen LogP contribution in [-0.2, 0) is 17.5 Å². The number of rotatable bonds is 6. The summed E-state index contributed by atoms with van der Waals surface area (Å²) >= 11 is 5.91. The number of hydrogen-bond acceptors (Lipinski definition) is 7. The van der Waals surface area contributed by atoms with Crippen LogP contribution in [0.4, 0.5) is 27.6 Å². The number of ether oxygens (including phenoxy) is 1. The summed E-state index contributed by atoms with van der Waals surface area (Å²) in [6.07, 6.45) is -6.04. The molecule has 3 aromatic rings. The Kier molecular flexibility index (Phi) is 7.03. The monoisotopic (exact) mass is 504 g/mol. The minimum atomic E-state index is -4.82. The maximum Gasteiger partial charge on any atom is 0.470 e. The quantitative estimate of drug-likeness (QED) is 0.396. The van der Waals surface area contributed by atoms with E-state index in [1.54, 1.807) is 4.90 Å². The van der Waals surface area contributed by atoms with E-state index in [0.29, 0.717) is 32.0 Å². The van der Waals surface area contributed by atoms with Gasteiger partial charge in [0, 0.05) is 36.4 Å². The Morgan fingerprint density at radius 3 is 2.41 bits per heavy atom. The van der Waals surface area contributed by atoms with Crippen molar-refractivity contribution in [3.63, 3.8) is 0 Å². The molecule has 34 heavy (non-hydrogen) atoms. The maximum atomic E-state index is 15.0. The van der Waals surface area contributed by atoms with Crippen molar-refractivity contribution < 1.29 is 36.2 Å². The number of halogens is 6. The van der Waals surface area contributed by atoms with Gasteiger partial charge in [0.2, 0.25) is 5.89 Å². The summed E-state index contributed by atoms with van der Waals surface area (Å²) in [5.41, 5.74) is 0.391. The first-order valence-corrected chi connectivity index (χ1v) is 10.4. The summed E-state index contributed by atoms with van der Waals surface area (Å²) in [5, 5.41) is 17.1. The normalized spacial score (nSPS) is 16.0. The second kappa shape index (κ2) is 9.82. The van der Waals surface area contributed by atoms with Gasteiger partial charge >= 0.3 is 12.1 Å². The van der Waals surface area contributed by atoms with E-state index >= 15 is 0 Å². The summed E-state index contributed by atoms with van der Waals surface area (Å²) in [6, 6.07) is 7.44. The molecule has 1 atom stereocenters. The molecule has 0 spiro atoms. The van der Waals surface area contributed by atoms with Gasteiger partial charge in [-0.25, -0.2) is 8.78 Å². The SMILES string of the molecule is OC(N1CCOCC1)N(Cc1ccc(-c2nnc(C(F)(F)F)o2)cc1F)c1ccc(F)c(Cl)c1. The van der Waals surface area contributed by atoms with Crippen molar-refractivity contribution in [1.82, 2.24) is 15.1 Å². The lowest BCUT2D eigenvalue weighted by Crippen LogP contribution is -2.52. The fraction of sp³-hybridized carbons (Fsp3) is 0.333. The van der Waals surface area contributed by atoms with Crippen molar-refractivity contribution >= 4 is 17.3 Å². The lowest BCUT2D eigenvalue weighted by atomic mass is 10.1. The molecule has 2 heterocycles. The zero-order valence-electron chi connectivity index (χ0n) is 17.4. The molecule has 0 radical (unpaired) electrons. The van der Waals surface area contributed by atoms with E-state index in [0.717, 1.165) is 12.1 Å². The van der Waals surface area contributed by atoms with Crippen LogP contribution in [0.1, 0.15) is 11.5 Å². The molecule has 0 bridgehead atoms. The van der Waals surface area contributed by atoms with E-state index < -0.39 is 35.9 Å². The van der Waals surface area contributed by atoms with Gasteiger partial charge in [0.25, 0.3) is 0 Å². The van der Waals surface area contributed by atoms with Gasteiger partial charge in [-0.15, -0.1) is 10.2 Å². The van der Waals surface area contributed by atoms with Crippen LogP contribution in [0.2, 0.25) is 5.02 Å². The Bertz CT molecular complexity index is 1150. The highest BCUT2D eigenvalue weighted by Gasteiger charge is 2.38. The largest absolute Gasteiger partial charge is 0.470 e. The zero-order chi connectivity index (χ0) is 24.5. The molecule has 0 amide bonds. The number of alkyl halides is 3. The molecule has 1 unspecified atom stereocenters. The highest BCUT2D eigenvalue weighted by Crippen LogP contribution is 2.32. The first-order chi connectivity index (χ1) is 16.1. The van der Waals surface area contributed by atoms with Crippen molar-refractivity contribution in [2.75, 3.05) is 31.2 Å². The fourth-order valence-corrected chi connectivity index (χ4v) is 3.60. The van der Waals surface area contributed by atoms with Crippen LogP contribution in [0.15, 0.2) is 40.8 Å². The lowest BCUT2D eigenvalue weighted by molar-refractivity contribution is -0.156. The van der Waals surface area contributed by atoms with Crippen molar-refractivity contribution in [2.45, 2.75) is 19.1 Å². The van der Waals surface area contributed by atoms with Crippen molar-refractivity contribution in [3.8, 4) is 11.5 Å². The number of hydrogen-bond donors (Lipinski definition) is 1. The molecule has 1 fully saturated rings. The number of aliphatic hydroxyl groups is 1. The highest BCUT2D eigenvalue weighted by molar-refractivity contribution is 6.31. The predicted octanol–water partition coefficient (Wildman–Crippen LogP) is 4.30. The number of anilines is 1. The summed E-state index contributed by atoms with van der Waals surface area (Å²) in [7, 11) is 0. The smallest absolute Gasteiger partial charge is 0.413 e. The Hall–Kier alpha value is -2.80. The van der Waals surface area contributed by atoms with Crippen molar-refractivity contribution in [1.29, 1.82) is 0 Å². The van der Waals surface area contributed by atoms with Crippen LogP contribution in [0.3, 0.4) is 0 Å². The molecule has 1 aromatic heterocycles. The number of benzene rings is 2. The summed E-state index contributed by atoms with van der Waals surface area (Å²) in [6.45, 7) is 1.44. The maximum absolute atomic E-state index is 15.0. The minimum absolute atomic E-state index is 0.0469. The van der Waals surface area contributed by atoms with Gasteiger partial charge in [-0.3, -0.25) is 4.90 Å².